The molecular weight excluding hydrogens is 418 g/mol. The van der Waals surface area contributed by atoms with E-state index < -0.39 is 0 Å². The first-order valence-corrected chi connectivity index (χ1v) is 10.3. The Morgan fingerprint density at radius 3 is 2.44 bits per heavy atom. The molecule has 0 saturated carbocycles. The molecule has 8 heteroatoms. The molecule has 1 saturated heterocycles. The van der Waals surface area contributed by atoms with E-state index in [9.17, 15) is 13.6 Å². The highest BCUT2D eigenvalue weighted by Crippen LogP contribution is 2.20. The Bertz CT molecular complexity index is 1060. The summed E-state index contributed by atoms with van der Waals surface area (Å²) in [5.41, 5.74) is 0.861. The number of hydrogen-bond donors (Lipinski definition) is 0. The molecule has 0 unspecified atom stereocenters. The van der Waals surface area contributed by atoms with E-state index in [0.717, 1.165) is 5.56 Å². The summed E-state index contributed by atoms with van der Waals surface area (Å²) in [5.74, 6) is 0.628. The Morgan fingerprint density at radius 1 is 1.00 bits per heavy atom. The van der Waals surface area contributed by atoms with Gasteiger partial charge in [0.05, 0.1) is 7.11 Å². The van der Waals surface area contributed by atoms with Gasteiger partial charge >= 0.3 is 0 Å². The molecule has 0 spiro atoms. The Hall–Kier alpha value is -3.39. The van der Waals surface area contributed by atoms with Gasteiger partial charge in [0.15, 0.2) is 17.3 Å². The third-order valence-corrected chi connectivity index (χ3v) is 5.35. The predicted molar refractivity (Wildman–Crippen MR) is 114 cm³/mol. The highest BCUT2D eigenvalue weighted by atomic mass is 19.1. The molecule has 6 nitrogen and oxygen atoms in total. The lowest BCUT2D eigenvalue weighted by Gasteiger charge is -2.34. The zero-order chi connectivity index (χ0) is 22.5. The average Bonchev–Trinajstić information content (AvgIpc) is 3.28. The molecule has 0 bridgehead atoms. The number of hydrogen-bond acceptors (Lipinski definition) is 5. The lowest BCUT2D eigenvalue weighted by atomic mass is 10.1. The first-order chi connectivity index (χ1) is 15.5. The van der Waals surface area contributed by atoms with Gasteiger partial charge < -0.3 is 18.8 Å². The van der Waals surface area contributed by atoms with Gasteiger partial charge in [-0.1, -0.05) is 6.07 Å². The van der Waals surface area contributed by atoms with Crippen LogP contribution in [0.5, 0.6) is 11.5 Å². The highest BCUT2D eigenvalue weighted by molar-refractivity contribution is 5.91. The molecule has 168 valence electrons. The van der Waals surface area contributed by atoms with Crippen LogP contribution in [0, 0.1) is 11.6 Å². The van der Waals surface area contributed by atoms with Crippen LogP contribution in [0.25, 0.3) is 0 Å². The second kappa shape index (κ2) is 9.82. The molecule has 0 N–H and O–H groups in total. The van der Waals surface area contributed by atoms with Gasteiger partial charge in [0.1, 0.15) is 23.9 Å². The molecule has 1 amide bonds. The number of nitrogens with zero attached hydrogens (tertiary/aromatic N) is 2. The first-order valence-electron chi connectivity index (χ1n) is 10.3. The number of furan rings is 1. The topological polar surface area (TPSA) is 55.2 Å². The van der Waals surface area contributed by atoms with Gasteiger partial charge in [0.2, 0.25) is 0 Å². The van der Waals surface area contributed by atoms with Crippen LogP contribution in [0.4, 0.5) is 8.78 Å². The Balaban J connectivity index is 1.27. The molecule has 2 heterocycles. The van der Waals surface area contributed by atoms with Crippen LogP contribution < -0.4 is 9.47 Å². The molecule has 1 aliphatic heterocycles. The smallest absolute Gasteiger partial charge is 0.289 e. The third-order valence-electron chi connectivity index (χ3n) is 5.35. The number of rotatable bonds is 7. The molecule has 4 rings (SSSR count). The number of benzene rings is 2. The number of halogens is 2. The zero-order valence-corrected chi connectivity index (χ0v) is 17.7. The van der Waals surface area contributed by atoms with Crippen molar-refractivity contribution in [2.75, 3.05) is 33.3 Å². The third kappa shape index (κ3) is 5.26. The summed E-state index contributed by atoms with van der Waals surface area (Å²) in [4.78, 5) is 16.7. The molecule has 2 aromatic carbocycles. The number of ether oxygens (including phenoxy) is 2. The van der Waals surface area contributed by atoms with Gasteiger partial charge in [-0.05, 0) is 54.1 Å². The van der Waals surface area contributed by atoms with Crippen LogP contribution in [-0.4, -0.2) is 49.0 Å². The molecule has 0 atom stereocenters. The SMILES string of the molecule is COc1ccc(CN2CCN(C(=O)c3ccc(COc4ccc(F)cc4)o3)CC2)cc1F. The Kier molecular flexibility index (Phi) is 6.70. The van der Waals surface area contributed by atoms with Gasteiger partial charge in [-0.15, -0.1) is 0 Å². The van der Waals surface area contributed by atoms with E-state index in [1.54, 1.807) is 23.1 Å². The summed E-state index contributed by atoms with van der Waals surface area (Å²) < 4.78 is 43.0. The summed E-state index contributed by atoms with van der Waals surface area (Å²) in [6, 6.07) is 14.0. The maximum absolute atomic E-state index is 13.9. The lowest BCUT2D eigenvalue weighted by Crippen LogP contribution is -2.48. The van der Waals surface area contributed by atoms with Crippen molar-refractivity contribution in [1.82, 2.24) is 9.80 Å². The largest absolute Gasteiger partial charge is 0.494 e. The fourth-order valence-electron chi connectivity index (χ4n) is 3.59. The quantitative estimate of drug-likeness (QED) is 0.552. The predicted octanol–water partition coefficient (Wildman–Crippen LogP) is 4.10. The van der Waals surface area contributed by atoms with Crippen molar-refractivity contribution in [3.8, 4) is 11.5 Å². The number of carbonyl (C=O) groups is 1. The summed E-state index contributed by atoms with van der Waals surface area (Å²) in [6.45, 7) is 3.22. The van der Waals surface area contributed by atoms with E-state index in [1.165, 1.54) is 37.4 Å². The van der Waals surface area contributed by atoms with Crippen LogP contribution in [-0.2, 0) is 13.2 Å². The summed E-state index contributed by atoms with van der Waals surface area (Å²) in [5, 5.41) is 0. The van der Waals surface area contributed by atoms with Crippen LogP contribution in [0.15, 0.2) is 59.0 Å². The maximum Gasteiger partial charge on any atom is 0.289 e. The van der Waals surface area contributed by atoms with Crippen LogP contribution in [0.2, 0.25) is 0 Å². The van der Waals surface area contributed by atoms with Gasteiger partial charge in [-0.3, -0.25) is 9.69 Å². The van der Waals surface area contributed by atoms with Crippen molar-refractivity contribution in [3.63, 3.8) is 0 Å². The van der Waals surface area contributed by atoms with Gasteiger partial charge in [0, 0.05) is 32.7 Å². The fraction of sp³-hybridized carbons (Fsp3) is 0.292. The van der Waals surface area contributed by atoms with E-state index in [0.29, 0.717) is 44.2 Å². The van der Waals surface area contributed by atoms with Crippen molar-refractivity contribution in [1.29, 1.82) is 0 Å². The number of methoxy groups -OCH3 is 1. The van der Waals surface area contributed by atoms with E-state index in [1.807, 2.05) is 6.07 Å². The minimum atomic E-state index is -0.379. The molecule has 1 fully saturated rings. The minimum Gasteiger partial charge on any atom is -0.494 e. The lowest BCUT2D eigenvalue weighted by molar-refractivity contribution is 0.0594. The second-order valence-corrected chi connectivity index (χ2v) is 7.55. The normalized spacial score (nSPS) is 14.4. The maximum atomic E-state index is 13.9. The fourth-order valence-corrected chi connectivity index (χ4v) is 3.59. The van der Waals surface area contributed by atoms with E-state index in [-0.39, 0.29) is 35.7 Å². The summed E-state index contributed by atoms with van der Waals surface area (Å²) >= 11 is 0. The van der Waals surface area contributed by atoms with Gasteiger partial charge in [0.25, 0.3) is 5.91 Å². The number of carbonyl (C=O) groups excluding carboxylic acids is 1. The summed E-state index contributed by atoms with van der Waals surface area (Å²) in [7, 11) is 1.44. The van der Waals surface area contributed by atoms with Crippen molar-refractivity contribution >= 4 is 5.91 Å². The molecule has 1 aliphatic rings. The molecule has 0 radical (unpaired) electrons. The molecule has 3 aromatic rings. The van der Waals surface area contributed by atoms with Crippen LogP contribution >= 0.6 is 0 Å². The monoisotopic (exact) mass is 442 g/mol. The molecule has 32 heavy (non-hydrogen) atoms. The Morgan fingerprint density at radius 2 is 1.75 bits per heavy atom. The number of piperazine rings is 1. The van der Waals surface area contributed by atoms with Crippen molar-refractivity contribution < 1.29 is 27.5 Å². The minimum absolute atomic E-state index is 0.144. The van der Waals surface area contributed by atoms with Crippen LogP contribution in [0.1, 0.15) is 21.9 Å². The van der Waals surface area contributed by atoms with E-state index >= 15 is 0 Å². The molecule has 0 aliphatic carbocycles. The second-order valence-electron chi connectivity index (χ2n) is 7.55. The first kappa shape index (κ1) is 21.8. The summed E-state index contributed by atoms with van der Waals surface area (Å²) in [6.07, 6.45) is 0. The zero-order valence-electron chi connectivity index (χ0n) is 17.7. The average molecular weight is 442 g/mol. The van der Waals surface area contributed by atoms with Gasteiger partial charge in [-0.2, -0.15) is 0 Å². The van der Waals surface area contributed by atoms with Crippen molar-refractivity contribution in [2.24, 2.45) is 0 Å². The number of amides is 1. The van der Waals surface area contributed by atoms with Gasteiger partial charge in [-0.25, -0.2) is 8.78 Å². The molecule has 1 aromatic heterocycles. The van der Waals surface area contributed by atoms with Crippen molar-refractivity contribution in [2.45, 2.75) is 13.2 Å². The Labute approximate surface area is 184 Å². The molecular formula is C24H24F2N2O4. The highest BCUT2D eigenvalue weighted by Gasteiger charge is 2.24. The van der Waals surface area contributed by atoms with E-state index in [2.05, 4.69) is 4.90 Å². The van der Waals surface area contributed by atoms with Crippen LogP contribution in [0.3, 0.4) is 0 Å². The standard InChI is InChI=1S/C24H24F2N2O4/c1-30-22-8-2-17(14-21(22)26)15-27-10-12-28(13-11-27)24(29)23-9-7-20(32-23)16-31-19-5-3-18(25)4-6-19/h2-9,14H,10-13,15-16H2,1H3. The van der Waals surface area contributed by atoms with E-state index in [4.69, 9.17) is 13.9 Å². The van der Waals surface area contributed by atoms with Crippen molar-refractivity contribution in [3.05, 3.63) is 83.3 Å².